The van der Waals surface area contributed by atoms with E-state index in [-0.39, 0.29) is 11.8 Å². The second kappa shape index (κ2) is 7.02. The first kappa shape index (κ1) is 14.5. The van der Waals surface area contributed by atoms with Crippen molar-refractivity contribution in [3.8, 4) is 0 Å². The molecule has 1 aliphatic heterocycles. The highest BCUT2D eigenvalue weighted by Gasteiger charge is 2.10. The molecule has 0 radical (unpaired) electrons. The van der Waals surface area contributed by atoms with Gasteiger partial charge in [0.1, 0.15) is 0 Å². The van der Waals surface area contributed by atoms with Crippen molar-refractivity contribution in [3.63, 3.8) is 0 Å². The number of amides is 2. The van der Waals surface area contributed by atoms with Gasteiger partial charge in [-0.05, 0) is 19.3 Å². The van der Waals surface area contributed by atoms with Gasteiger partial charge < -0.3 is 10.2 Å². The van der Waals surface area contributed by atoms with Gasteiger partial charge in [0, 0.05) is 45.7 Å². The number of hydrogen-bond acceptors (Lipinski definition) is 4. The van der Waals surface area contributed by atoms with Crippen molar-refractivity contribution in [2.45, 2.75) is 38.6 Å². The maximum absolute atomic E-state index is 11.9. The molecule has 2 rings (SSSR count). The van der Waals surface area contributed by atoms with Crippen LogP contribution in [0.2, 0.25) is 0 Å². The van der Waals surface area contributed by atoms with Crippen LogP contribution in [0.15, 0.2) is 6.20 Å². The third-order valence-electron chi connectivity index (χ3n) is 3.40. The van der Waals surface area contributed by atoms with Crippen molar-refractivity contribution in [1.82, 2.24) is 25.2 Å². The molecule has 0 saturated heterocycles. The molecule has 0 saturated carbocycles. The smallest absolute Gasteiger partial charge is 0.222 e. The SMILES string of the molecule is CN1CCNC(=O)CCCc2cn(nn2)CCCC1=O. The van der Waals surface area contributed by atoms with Crippen LogP contribution < -0.4 is 5.32 Å². The van der Waals surface area contributed by atoms with E-state index in [4.69, 9.17) is 0 Å². The lowest BCUT2D eigenvalue weighted by Gasteiger charge is -2.17. The minimum absolute atomic E-state index is 0.0214. The van der Waals surface area contributed by atoms with E-state index >= 15 is 0 Å². The Hall–Kier alpha value is -1.92. The van der Waals surface area contributed by atoms with E-state index in [9.17, 15) is 9.59 Å². The van der Waals surface area contributed by atoms with E-state index in [2.05, 4.69) is 15.6 Å². The molecule has 1 aliphatic rings. The molecule has 110 valence electrons. The fourth-order valence-electron chi connectivity index (χ4n) is 2.15. The third kappa shape index (κ3) is 4.32. The van der Waals surface area contributed by atoms with Crippen LogP contribution in [-0.4, -0.2) is 51.8 Å². The van der Waals surface area contributed by atoms with Crippen LogP contribution in [0.1, 0.15) is 31.4 Å². The fraction of sp³-hybridized carbons (Fsp3) is 0.692. The molecule has 0 spiro atoms. The van der Waals surface area contributed by atoms with Crippen molar-refractivity contribution in [2.24, 2.45) is 0 Å². The predicted molar refractivity (Wildman–Crippen MR) is 72.8 cm³/mol. The van der Waals surface area contributed by atoms with Gasteiger partial charge in [0.2, 0.25) is 11.8 Å². The van der Waals surface area contributed by atoms with E-state index in [0.29, 0.717) is 32.5 Å². The van der Waals surface area contributed by atoms with Crippen LogP contribution in [0.3, 0.4) is 0 Å². The van der Waals surface area contributed by atoms with E-state index < -0.39 is 0 Å². The Morgan fingerprint density at radius 1 is 1.15 bits per heavy atom. The molecule has 1 aromatic rings. The van der Waals surface area contributed by atoms with Gasteiger partial charge >= 0.3 is 0 Å². The summed E-state index contributed by atoms with van der Waals surface area (Å²) in [7, 11) is 1.76. The summed E-state index contributed by atoms with van der Waals surface area (Å²) in [5, 5.41) is 10.9. The molecule has 1 aromatic heterocycles. The van der Waals surface area contributed by atoms with Crippen molar-refractivity contribution in [2.75, 3.05) is 20.1 Å². The zero-order valence-electron chi connectivity index (χ0n) is 11.8. The lowest BCUT2D eigenvalue weighted by atomic mass is 10.2. The van der Waals surface area contributed by atoms with Crippen LogP contribution in [0.5, 0.6) is 0 Å². The van der Waals surface area contributed by atoms with Gasteiger partial charge in [-0.15, -0.1) is 5.10 Å². The fourth-order valence-corrected chi connectivity index (χ4v) is 2.15. The predicted octanol–water partition coefficient (Wildman–Crippen LogP) is -0.0308. The standard InChI is InChI=1S/C13H21N5O2/c1-17-9-7-14-12(19)5-2-4-11-10-18(16-15-11)8-3-6-13(17)20/h10H,2-9H2,1H3,(H,14,19). The maximum atomic E-state index is 11.9. The van der Waals surface area contributed by atoms with Gasteiger partial charge in [0.15, 0.2) is 0 Å². The molecule has 20 heavy (non-hydrogen) atoms. The molecule has 0 aromatic carbocycles. The molecular formula is C13H21N5O2. The average molecular weight is 279 g/mol. The van der Waals surface area contributed by atoms with Crippen LogP contribution in [-0.2, 0) is 22.6 Å². The Morgan fingerprint density at radius 2 is 2.00 bits per heavy atom. The minimum atomic E-state index is 0.0214. The molecule has 0 fully saturated rings. The van der Waals surface area contributed by atoms with E-state index in [0.717, 1.165) is 25.0 Å². The topological polar surface area (TPSA) is 80.1 Å². The zero-order valence-corrected chi connectivity index (χ0v) is 11.8. The average Bonchev–Trinajstić information content (AvgIpc) is 2.85. The largest absolute Gasteiger partial charge is 0.354 e. The number of aromatic nitrogens is 3. The second-order valence-electron chi connectivity index (χ2n) is 5.10. The van der Waals surface area contributed by atoms with E-state index in [1.807, 2.05) is 6.20 Å². The molecule has 0 atom stereocenters. The van der Waals surface area contributed by atoms with Gasteiger partial charge in [-0.25, -0.2) is 0 Å². The molecule has 0 unspecified atom stereocenters. The number of nitrogens with one attached hydrogen (secondary N) is 1. The minimum Gasteiger partial charge on any atom is -0.354 e. The summed E-state index contributed by atoms with van der Waals surface area (Å²) in [6, 6.07) is 0. The third-order valence-corrected chi connectivity index (χ3v) is 3.40. The monoisotopic (exact) mass is 279 g/mol. The summed E-state index contributed by atoms with van der Waals surface area (Å²) in [5.41, 5.74) is 0.899. The molecule has 0 aliphatic carbocycles. The molecule has 2 heterocycles. The number of aryl methyl sites for hydroxylation is 2. The van der Waals surface area contributed by atoms with Crippen molar-refractivity contribution < 1.29 is 9.59 Å². The van der Waals surface area contributed by atoms with Gasteiger partial charge in [-0.1, -0.05) is 5.21 Å². The molecule has 1 N–H and O–H groups in total. The maximum Gasteiger partial charge on any atom is 0.222 e. The number of fused-ring (bicyclic) bond motifs is 2. The number of nitrogens with zero attached hydrogens (tertiary/aromatic N) is 4. The number of rotatable bonds is 0. The Morgan fingerprint density at radius 3 is 2.85 bits per heavy atom. The molecular weight excluding hydrogens is 258 g/mol. The van der Waals surface area contributed by atoms with Crippen LogP contribution in [0, 0.1) is 0 Å². The Kier molecular flexibility index (Phi) is 5.09. The van der Waals surface area contributed by atoms with Crippen LogP contribution in [0.4, 0.5) is 0 Å². The Bertz CT molecular complexity index is 471. The summed E-state index contributed by atoms with van der Waals surface area (Å²) in [6.45, 7) is 1.76. The summed E-state index contributed by atoms with van der Waals surface area (Å²) < 4.78 is 1.77. The quantitative estimate of drug-likeness (QED) is 0.723. The Balaban J connectivity index is 1.97. The highest BCUT2D eigenvalue weighted by Crippen LogP contribution is 2.04. The molecule has 2 amide bonds. The van der Waals surface area contributed by atoms with Crippen molar-refractivity contribution in [1.29, 1.82) is 0 Å². The normalized spacial score (nSPS) is 19.1. The van der Waals surface area contributed by atoms with Crippen molar-refractivity contribution >= 4 is 11.8 Å². The van der Waals surface area contributed by atoms with Gasteiger partial charge in [0.05, 0.1) is 5.69 Å². The van der Waals surface area contributed by atoms with Gasteiger partial charge in [-0.3, -0.25) is 14.3 Å². The lowest BCUT2D eigenvalue weighted by molar-refractivity contribution is -0.130. The summed E-state index contributed by atoms with van der Waals surface area (Å²) in [5.74, 6) is 0.113. The zero-order chi connectivity index (χ0) is 14.4. The first-order chi connectivity index (χ1) is 9.65. The summed E-state index contributed by atoms with van der Waals surface area (Å²) in [6.07, 6.45) is 5.12. The summed E-state index contributed by atoms with van der Waals surface area (Å²) >= 11 is 0. The van der Waals surface area contributed by atoms with Crippen molar-refractivity contribution in [3.05, 3.63) is 11.9 Å². The molecule has 2 bridgehead atoms. The first-order valence-corrected chi connectivity index (χ1v) is 7.05. The number of hydrogen-bond donors (Lipinski definition) is 1. The second-order valence-corrected chi connectivity index (χ2v) is 5.10. The first-order valence-electron chi connectivity index (χ1n) is 7.05. The van der Waals surface area contributed by atoms with Gasteiger partial charge in [-0.2, -0.15) is 0 Å². The molecule has 7 heteroatoms. The van der Waals surface area contributed by atoms with Crippen LogP contribution in [0.25, 0.3) is 0 Å². The van der Waals surface area contributed by atoms with E-state index in [1.54, 1.807) is 16.6 Å². The highest BCUT2D eigenvalue weighted by atomic mass is 16.2. The Labute approximate surface area is 118 Å². The number of likely N-dealkylation sites (N-methyl/N-ethyl adjacent to an activating group) is 1. The highest BCUT2D eigenvalue weighted by molar-refractivity contribution is 5.77. The lowest BCUT2D eigenvalue weighted by Crippen LogP contribution is -2.36. The number of carbonyl (C=O) groups excluding carboxylic acids is 2. The molecule has 7 nitrogen and oxygen atoms in total. The van der Waals surface area contributed by atoms with Gasteiger partial charge in [0.25, 0.3) is 0 Å². The van der Waals surface area contributed by atoms with Crippen LogP contribution >= 0.6 is 0 Å². The van der Waals surface area contributed by atoms with E-state index in [1.165, 1.54) is 0 Å². The number of carbonyl (C=O) groups is 2. The summed E-state index contributed by atoms with van der Waals surface area (Å²) in [4.78, 5) is 25.1.